The molecule has 3 aromatic rings. The highest BCUT2D eigenvalue weighted by Gasteiger charge is 2.19. The maximum Gasteiger partial charge on any atom is 0.247 e. The highest BCUT2D eigenvalue weighted by molar-refractivity contribution is 5.83. The lowest BCUT2D eigenvalue weighted by Gasteiger charge is -2.04. The number of para-hydroxylation sites is 1. The maximum atomic E-state index is 11.6. The van der Waals surface area contributed by atoms with Crippen molar-refractivity contribution in [2.75, 3.05) is 6.54 Å². The normalized spacial score (nSPS) is 11.6. The van der Waals surface area contributed by atoms with E-state index in [4.69, 9.17) is 4.52 Å². The minimum absolute atomic E-state index is 0.108. The summed E-state index contributed by atoms with van der Waals surface area (Å²) in [6.07, 6.45) is 2.93. The molecule has 0 spiro atoms. The number of H-pyrrole nitrogens is 1. The average Bonchev–Trinajstić information content (AvgIpc) is 3.08. The van der Waals surface area contributed by atoms with Crippen LogP contribution in [0.2, 0.25) is 0 Å². The highest BCUT2D eigenvalue weighted by Crippen LogP contribution is 2.17. The van der Waals surface area contributed by atoms with Crippen LogP contribution in [-0.2, 0) is 13.0 Å². The number of hydrogen-bond acceptors (Lipinski definition) is 4. The fourth-order valence-corrected chi connectivity index (χ4v) is 2.60. The third kappa shape index (κ3) is 2.82. The molecule has 0 aliphatic heterocycles. The summed E-state index contributed by atoms with van der Waals surface area (Å²) in [5.41, 5.74) is 2.98. The van der Waals surface area contributed by atoms with Crippen molar-refractivity contribution in [3.05, 3.63) is 41.7 Å². The van der Waals surface area contributed by atoms with Gasteiger partial charge in [-0.1, -0.05) is 22.9 Å². The van der Waals surface area contributed by atoms with Gasteiger partial charge >= 0.3 is 0 Å². The Morgan fingerprint density at radius 2 is 2.18 bits per heavy atom. The van der Waals surface area contributed by atoms with Crippen molar-refractivity contribution in [3.8, 4) is 5.95 Å². The first-order valence-electron chi connectivity index (χ1n) is 7.50. The minimum atomic E-state index is -0.367. The van der Waals surface area contributed by atoms with E-state index in [1.807, 2.05) is 32.2 Å². The summed E-state index contributed by atoms with van der Waals surface area (Å²) in [5.74, 6) is -0.367. The molecule has 0 saturated carbocycles. The Bertz CT molecular complexity index is 760. The van der Waals surface area contributed by atoms with Gasteiger partial charge < -0.3 is 19.9 Å². The highest BCUT2D eigenvalue weighted by atomic mass is 16.6. The van der Waals surface area contributed by atoms with Gasteiger partial charge in [0, 0.05) is 17.1 Å². The van der Waals surface area contributed by atoms with Crippen molar-refractivity contribution < 1.29 is 14.3 Å². The molecule has 0 amide bonds. The summed E-state index contributed by atoms with van der Waals surface area (Å²) >= 11 is 0. The Labute approximate surface area is 128 Å². The number of nitrogens with zero attached hydrogens (tertiary/aromatic N) is 2. The number of hydrogen-bond donors (Lipinski definition) is 2. The molecule has 2 heterocycles. The van der Waals surface area contributed by atoms with Gasteiger partial charge in [0.2, 0.25) is 5.69 Å². The molecule has 0 aliphatic rings. The van der Waals surface area contributed by atoms with Crippen LogP contribution in [0.4, 0.5) is 0 Å². The fourth-order valence-electron chi connectivity index (χ4n) is 2.60. The van der Waals surface area contributed by atoms with E-state index in [0.29, 0.717) is 12.2 Å². The quantitative estimate of drug-likeness (QED) is 0.533. The van der Waals surface area contributed by atoms with Crippen LogP contribution in [0.15, 0.2) is 35.0 Å². The Hall–Kier alpha value is -2.34. The number of aromatic nitrogens is 3. The zero-order chi connectivity index (χ0) is 15.5. The van der Waals surface area contributed by atoms with E-state index in [0.717, 1.165) is 18.5 Å². The zero-order valence-corrected chi connectivity index (χ0v) is 12.8. The lowest BCUT2D eigenvalue weighted by atomic mass is 10.1. The van der Waals surface area contributed by atoms with Crippen molar-refractivity contribution in [2.45, 2.75) is 32.9 Å². The van der Waals surface area contributed by atoms with Crippen LogP contribution in [0.3, 0.4) is 0 Å². The molecule has 2 aromatic heterocycles. The first-order chi connectivity index (χ1) is 10.7. The van der Waals surface area contributed by atoms with Gasteiger partial charge in [0.05, 0.1) is 11.8 Å². The summed E-state index contributed by atoms with van der Waals surface area (Å²) in [6, 6.07) is 8.35. The van der Waals surface area contributed by atoms with Crippen molar-refractivity contribution in [1.29, 1.82) is 0 Å². The molecule has 0 aliphatic carbocycles. The molecule has 0 saturated heterocycles. The second-order valence-electron chi connectivity index (χ2n) is 5.63. The van der Waals surface area contributed by atoms with Crippen LogP contribution in [0.25, 0.3) is 10.9 Å². The molecule has 2 N–H and O–H groups in total. The monoisotopic (exact) mass is 300 g/mol. The van der Waals surface area contributed by atoms with Crippen LogP contribution in [0.5, 0.6) is 5.95 Å². The Morgan fingerprint density at radius 1 is 1.36 bits per heavy atom. The molecule has 0 unspecified atom stereocenters. The first kappa shape index (κ1) is 14.6. The average molecular weight is 300 g/mol. The van der Waals surface area contributed by atoms with E-state index in [2.05, 4.69) is 27.7 Å². The van der Waals surface area contributed by atoms with E-state index < -0.39 is 0 Å². The zero-order valence-electron chi connectivity index (χ0n) is 12.8. The van der Waals surface area contributed by atoms with Gasteiger partial charge in [-0.25, -0.2) is 0 Å². The number of benzene rings is 1. The minimum Gasteiger partial charge on any atom is -0.539 e. The molecule has 116 valence electrons. The van der Waals surface area contributed by atoms with Crippen LogP contribution in [0.1, 0.15) is 31.1 Å². The Morgan fingerprint density at radius 3 is 3.00 bits per heavy atom. The number of rotatable bonds is 6. The van der Waals surface area contributed by atoms with Crippen LogP contribution in [0, 0.1) is 0 Å². The second-order valence-corrected chi connectivity index (χ2v) is 5.63. The molecular weight excluding hydrogens is 280 g/mol. The molecule has 6 nitrogen and oxygen atoms in total. The van der Waals surface area contributed by atoms with Gasteiger partial charge in [-0.2, -0.15) is 0 Å². The van der Waals surface area contributed by atoms with E-state index in [1.54, 1.807) is 4.68 Å². The molecular formula is C16H20N4O2. The summed E-state index contributed by atoms with van der Waals surface area (Å²) in [7, 11) is 0. The van der Waals surface area contributed by atoms with E-state index in [-0.39, 0.29) is 12.0 Å². The molecule has 22 heavy (non-hydrogen) atoms. The molecule has 0 bridgehead atoms. The van der Waals surface area contributed by atoms with Crippen molar-refractivity contribution in [3.63, 3.8) is 0 Å². The molecule has 3 rings (SSSR count). The van der Waals surface area contributed by atoms with Gasteiger partial charge in [-0.05, 0) is 38.4 Å². The van der Waals surface area contributed by atoms with Crippen LogP contribution < -0.4 is 15.1 Å². The third-order valence-electron chi connectivity index (χ3n) is 3.75. The van der Waals surface area contributed by atoms with E-state index in [1.165, 1.54) is 10.9 Å². The molecule has 1 aromatic carbocycles. The lowest BCUT2D eigenvalue weighted by Crippen LogP contribution is -2.43. The van der Waals surface area contributed by atoms with Gasteiger partial charge in [0.15, 0.2) is 12.0 Å². The van der Waals surface area contributed by atoms with Crippen molar-refractivity contribution >= 4 is 10.9 Å². The molecule has 0 fully saturated rings. The first-order valence-corrected chi connectivity index (χ1v) is 7.50. The standard InChI is InChI=1S/C16H20N4O2/c1-11(2)20-15(16(21)22-19-20)10-17-8-7-12-9-18-14-6-4-3-5-13(12)14/h3-6,9,11,17-18H,7-8,10H2,1-2H3. The molecule has 0 atom stereocenters. The van der Waals surface area contributed by atoms with Crippen molar-refractivity contribution in [1.82, 2.24) is 15.6 Å². The van der Waals surface area contributed by atoms with E-state index in [9.17, 15) is 5.11 Å². The summed E-state index contributed by atoms with van der Waals surface area (Å²) < 4.78 is 6.36. The summed E-state index contributed by atoms with van der Waals surface area (Å²) in [5, 5.41) is 20.0. The number of nitrogens with one attached hydrogen (secondary N) is 2. The predicted octanol–water partition coefficient (Wildman–Crippen LogP) is 1.43. The number of aromatic amines is 1. The Kier molecular flexibility index (Phi) is 4.11. The van der Waals surface area contributed by atoms with E-state index >= 15 is 0 Å². The summed E-state index contributed by atoms with van der Waals surface area (Å²) in [4.78, 5) is 3.27. The molecule has 0 radical (unpaired) electrons. The largest absolute Gasteiger partial charge is 0.539 e. The van der Waals surface area contributed by atoms with Crippen molar-refractivity contribution in [2.24, 2.45) is 0 Å². The van der Waals surface area contributed by atoms with Gasteiger partial charge in [-0.15, -0.1) is 0 Å². The Balaban J connectivity index is 1.59. The van der Waals surface area contributed by atoms with Gasteiger partial charge in [-0.3, -0.25) is 0 Å². The number of fused-ring (bicyclic) bond motifs is 1. The second kappa shape index (κ2) is 6.19. The fraction of sp³-hybridized carbons (Fsp3) is 0.375. The molecule has 6 heteroatoms. The van der Waals surface area contributed by atoms with Gasteiger partial charge in [0.25, 0.3) is 0 Å². The maximum absolute atomic E-state index is 11.6. The van der Waals surface area contributed by atoms with Crippen LogP contribution in [-0.4, -0.2) is 16.8 Å². The third-order valence-corrected chi connectivity index (χ3v) is 3.75. The van der Waals surface area contributed by atoms with Crippen LogP contribution >= 0.6 is 0 Å². The predicted molar refractivity (Wildman–Crippen MR) is 80.2 cm³/mol. The topological polar surface area (TPSA) is 80.8 Å². The SMILES string of the molecule is CC(C)[n+]1noc([O-])c1CNCCc1c[nH]c2ccccc12. The van der Waals surface area contributed by atoms with Gasteiger partial charge in [0.1, 0.15) is 0 Å². The smallest absolute Gasteiger partial charge is 0.247 e. The lowest BCUT2D eigenvalue weighted by molar-refractivity contribution is -0.785. The summed E-state index contributed by atoms with van der Waals surface area (Å²) in [6.45, 7) is 5.18.